The van der Waals surface area contributed by atoms with Crippen LogP contribution >= 0.6 is 0 Å². The largest absolute Gasteiger partial charge is 0.453 e. The zero-order valence-electron chi connectivity index (χ0n) is 22.5. The summed E-state index contributed by atoms with van der Waals surface area (Å²) in [4.78, 5) is 26.4. The van der Waals surface area contributed by atoms with Gasteiger partial charge in [0, 0.05) is 37.6 Å². The lowest BCUT2D eigenvalue weighted by Crippen LogP contribution is -2.65. The van der Waals surface area contributed by atoms with Crippen molar-refractivity contribution >= 4 is 11.9 Å². The normalized spacial score (nSPS) is 25.9. The number of carbonyl (C=O) groups is 2. The van der Waals surface area contributed by atoms with Gasteiger partial charge < -0.3 is 19.6 Å². The van der Waals surface area contributed by atoms with Crippen LogP contribution in [0.2, 0.25) is 0 Å². The Morgan fingerprint density at radius 1 is 0.868 bits per heavy atom. The molecule has 2 bridgehead atoms. The van der Waals surface area contributed by atoms with Crippen molar-refractivity contribution in [2.45, 2.75) is 69.5 Å². The van der Waals surface area contributed by atoms with Gasteiger partial charge >= 0.3 is 5.97 Å². The van der Waals surface area contributed by atoms with Crippen molar-refractivity contribution in [3.63, 3.8) is 0 Å². The average molecular weight is 520 g/mol. The zero-order valence-corrected chi connectivity index (χ0v) is 22.5. The van der Waals surface area contributed by atoms with Crippen LogP contribution in [0.15, 0.2) is 60.7 Å². The Hall–Kier alpha value is -2.70. The monoisotopic (exact) mass is 519 g/mol. The third kappa shape index (κ3) is 5.81. The molecule has 4 aliphatic rings. The summed E-state index contributed by atoms with van der Waals surface area (Å²) in [6.45, 7) is 4.67. The molecule has 38 heavy (non-hydrogen) atoms. The quantitative estimate of drug-likeness (QED) is 0.221. The third-order valence-electron chi connectivity index (χ3n) is 9.31. The smallest absolute Gasteiger partial charge is 0.348 e. The molecule has 6 rings (SSSR count). The van der Waals surface area contributed by atoms with Crippen LogP contribution in [0.25, 0.3) is 0 Å². The molecule has 2 N–H and O–H groups in total. The topological polar surface area (TPSA) is 75.6 Å². The maximum Gasteiger partial charge on any atom is 0.348 e. The van der Waals surface area contributed by atoms with Crippen molar-refractivity contribution in [2.24, 2.45) is 11.8 Å². The Balaban J connectivity index is 1.20. The number of piperidine rings is 3. The summed E-state index contributed by atoms with van der Waals surface area (Å²) in [7, 11) is 0. The van der Waals surface area contributed by atoms with E-state index in [1.54, 1.807) is 24.3 Å². The number of nitrogens with one attached hydrogen (secondary N) is 1. The Kier molecular flexibility index (Phi) is 8.49. The number of hydrogen-bond donors (Lipinski definition) is 2. The molecule has 6 heteroatoms. The summed E-state index contributed by atoms with van der Waals surface area (Å²) in [6, 6.07) is 18.2. The molecule has 0 unspecified atom stereocenters. The van der Waals surface area contributed by atoms with E-state index in [1.807, 2.05) is 36.4 Å². The van der Waals surface area contributed by atoms with Crippen LogP contribution in [-0.2, 0) is 19.9 Å². The SMILES string of the molecule is O=C(NCCC[N+]12CCC(CC1)[C@@H](OC(=O)C(O)(c1ccccc1)c1ccccc1)C2)C1CCCCCC1. The molecule has 204 valence electrons. The van der Waals surface area contributed by atoms with Gasteiger partial charge in [0.05, 0.1) is 19.6 Å². The molecule has 3 saturated heterocycles. The van der Waals surface area contributed by atoms with Gasteiger partial charge in [0.15, 0.2) is 6.10 Å². The van der Waals surface area contributed by atoms with E-state index >= 15 is 0 Å². The highest BCUT2D eigenvalue weighted by molar-refractivity contribution is 5.85. The molecule has 3 aliphatic heterocycles. The van der Waals surface area contributed by atoms with Gasteiger partial charge in [-0.2, -0.15) is 0 Å². The summed E-state index contributed by atoms with van der Waals surface area (Å²) in [6.07, 6.45) is 9.69. The first-order valence-electron chi connectivity index (χ1n) is 14.7. The number of rotatable bonds is 9. The number of amides is 1. The second-order valence-electron chi connectivity index (χ2n) is 11.8. The first-order chi connectivity index (χ1) is 18.5. The Bertz CT molecular complexity index is 1020. The minimum absolute atomic E-state index is 0.187. The van der Waals surface area contributed by atoms with E-state index in [0.29, 0.717) is 23.6 Å². The van der Waals surface area contributed by atoms with Crippen LogP contribution < -0.4 is 5.32 Å². The standard InChI is InChI=1S/C32H42N2O4/c35-30(26-12-5-1-2-6-13-26)33-20-11-21-34-22-18-25(19-23-34)29(24-34)38-31(36)32(37,27-14-7-3-8-15-27)28-16-9-4-10-17-28/h3-4,7-10,14-17,25-26,29,37H,1-2,5-6,11-13,18-24H2/p+1/t25?,29-,34?/m0/s1. The van der Waals surface area contributed by atoms with Gasteiger partial charge in [0.25, 0.3) is 0 Å². The van der Waals surface area contributed by atoms with Crippen molar-refractivity contribution < 1.29 is 23.9 Å². The second kappa shape index (κ2) is 12.0. The van der Waals surface area contributed by atoms with E-state index in [9.17, 15) is 14.7 Å². The van der Waals surface area contributed by atoms with E-state index in [-0.39, 0.29) is 17.9 Å². The van der Waals surface area contributed by atoms with Crippen LogP contribution in [0, 0.1) is 11.8 Å². The second-order valence-corrected chi connectivity index (χ2v) is 11.8. The van der Waals surface area contributed by atoms with Crippen LogP contribution in [0.3, 0.4) is 0 Å². The van der Waals surface area contributed by atoms with Crippen LogP contribution in [0.1, 0.15) is 68.9 Å². The molecular weight excluding hydrogens is 476 g/mol. The number of benzene rings is 2. The molecule has 2 aromatic rings. The number of carbonyl (C=O) groups excluding carboxylic acids is 2. The number of esters is 1. The van der Waals surface area contributed by atoms with Crippen molar-refractivity contribution in [1.82, 2.24) is 5.32 Å². The summed E-state index contributed by atoms with van der Waals surface area (Å²) in [5.74, 6) is 0.163. The van der Waals surface area contributed by atoms with Gasteiger partial charge in [0.2, 0.25) is 11.5 Å². The zero-order chi connectivity index (χ0) is 26.4. The minimum Gasteiger partial charge on any atom is -0.453 e. The van der Waals surface area contributed by atoms with E-state index in [0.717, 1.165) is 62.8 Å². The minimum atomic E-state index is -1.85. The highest BCUT2D eigenvalue weighted by Gasteiger charge is 2.50. The molecule has 0 aromatic heterocycles. The predicted octanol–water partition coefficient (Wildman–Crippen LogP) is 4.55. The van der Waals surface area contributed by atoms with Crippen LogP contribution in [-0.4, -0.2) is 60.3 Å². The fourth-order valence-corrected chi connectivity index (χ4v) is 6.96. The van der Waals surface area contributed by atoms with E-state index in [4.69, 9.17) is 4.74 Å². The van der Waals surface area contributed by atoms with Gasteiger partial charge in [-0.1, -0.05) is 86.3 Å². The lowest BCUT2D eigenvalue weighted by molar-refractivity contribution is -0.946. The third-order valence-corrected chi connectivity index (χ3v) is 9.31. The lowest BCUT2D eigenvalue weighted by Gasteiger charge is -2.52. The van der Waals surface area contributed by atoms with Gasteiger partial charge in [-0.25, -0.2) is 4.79 Å². The number of ether oxygens (including phenoxy) is 1. The van der Waals surface area contributed by atoms with Crippen LogP contribution in [0.5, 0.6) is 0 Å². The van der Waals surface area contributed by atoms with Crippen molar-refractivity contribution in [3.05, 3.63) is 71.8 Å². The maximum atomic E-state index is 13.7. The van der Waals surface area contributed by atoms with Crippen molar-refractivity contribution in [3.8, 4) is 0 Å². The fraction of sp³-hybridized carbons (Fsp3) is 0.562. The van der Waals surface area contributed by atoms with Gasteiger partial charge in [-0.15, -0.1) is 0 Å². The van der Waals surface area contributed by atoms with Crippen LogP contribution in [0.4, 0.5) is 0 Å². The summed E-state index contributed by atoms with van der Waals surface area (Å²) in [5, 5.41) is 15.0. The number of fused-ring (bicyclic) bond motifs is 3. The molecule has 2 aromatic carbocycles. The number of aliphatic hydroxyl groups is 1. The van der Waals surface area contributed by atoms with Gasteiger partial charge in [-0.3, -0.25) is 4.79 Å². The maximum absolute atomic E-state index is 13.7. The summed E-state index contributed by atoms with van der Waals surface area (Å²) < 4.78 is 7.12. The lowest BCUT2D eigenvalue weighted by atomic mass is 9.82. The molecule has 3 heterocycles. The van der Waals surface area contributed by atoms with E-state index in [1.165, 1.54) is 25.7 Å². The highest BCUT2D eigenvalue weighted by Crippen LogP contribution is 2.38. The molecule has 0 spiro atoms. The molecule has 1 amide bonds. The number of nitrogens with zero attached hydrogens (tertiary/aromatic N) is 1. The molecule has 1 atom stereocenters. The molecular formula is C32H43N2O4+. The van der Waals surface area contributed by atoms with Crippen molar-refractivity contribution in [1.29, 1.82) is 0 Å². The Morgan fingerprint density at radius 2 is 1.45 bits per heavy atom. The summed E-state index contributed by atoms with van der Waals surface area (Å²) >= 11 is 0. The number of quaternary nitrogens is 1. The molecule has 1 saturated carbocycles. The molecule has 1 aliphatic carbocycles. The fourth-order valence-electron chi connectivity index (χ4n) is 6.96. The predicted molar refractivity (Wildman–Crippen MR) is 147 cm³/mol. The first-order valence-corrected chi connectivity index (χ1v) is 14.7. The Morgan fingerprint density at radius 3 is 2.03 bits per heavy atom. The average Bonchev–Trinajstić information content (AvgIpc) is 3.26. The molecule has 0 radical (unpaired) electrons. The molecule has 4 fully saturated rings. The highest BCUT2D eigenvalue weighted by atomic mass is 16.6. The van der Waals surface area contributed by atoms with Gasteiger partial charge in [-0.05, 0) is 24.0 Å². The molecule has 6 nitrogen and oxygen atoms in total. The van der Waals surface area contributed by atoms with E-state index < -0.39 is 11.6 Å². The van der Waals surface area contributed by atoms with Gasteiger partial charge in [0.1, 0.15) is 6.54 Å². The van der Waals surface area contributed by atoms with Crippen molar-refractivity contribution in [2.75, 3.05) is 32.7 Å². The summed E-state index contributed by atoms with van der Waals surface area (Å²) in [5.41, 5.74) is -0.807. The Labute approximate surface area is 227 Å². The first kappa shape index (κ1) is 26.9. The van der Waals surface area contributed by atoms with E-state index in [2.05, 4.69) is 5.32 Å². The number of hydrogen-bond acceptors (Lipinski definition) is 4.